The van der Waals surface area contributed by atoms with Crippen molar-refractivity contribution in [2.45, 2.75) is 76.9 Å². The molecule has 2 heteroatoms. The number of nitrogens with zero attached hydrogens (tertiary/aromatic N) is 1. The fraction of sp³-hybridized carbons (Fsp3) is 1.00. The minimum absolute atomic E-state index is 0.719. The fourth-order valence-electron chi connectivity index (χ4n) is 3.63. The summed E-state index contributed by atoms with van der Waals surface area (Å²) in [5, 5.41) is 3.90. The minimum Gasteiger partial charge on any atom is -0.310 e. The molecule has 1 saturated heterocycles. The molecule has 2 rings (SSSR count). The van der Waals surface area contributed by atoms with Crippen molar-refractivity contribution in [2.24, 2.45) is 5.92 Å². The first-order chi connectivity index (χ1) is 8.16. The lowest BCUT2D eigenvalue weighted by Gasteiger charge is -2.27. The molecule has 0 bridgehead atoms. The van der Waals surface area contributed by atoms with Crippen LogP contribution in [0.4, 0.5) is 0 Å². The minimum atomic E-state index is 0.719. The molecule has 0 spiro atoms. The molecular formula is C15H30N2. The van der Waals surface area contributed by atoms with Crippen molar-refractivity contribution < 1.29 is 0 Å². The number of hydrogen-bond donors (Lipinski definition) is 1. The molecule has 2 fully saturated rings. The van der Waals surface area contributed by atoms with Gasteiger partial charge < -0.3 is 10.2 Å². The van der Waals surface area contributed by atoms with Gasteiger partial charge in [0.2, 0.25) is 0 Å². The van der Waals surface area contributed by atoms with E-state index in [2.05, 4.69) is 31.1 Å². The van der Waals surface area contributed by atoms with Gasteiger partial charge in [-0.1, -0.05) is 25.7 Å². The topological polar surface area (TPSA) is 15.3 Å². The van der Waals surface area contributed by atoms with Crippen molar-refractivity contribution >= 4 is 0 Å². The maximum absolute atomic E-state index is 3.90. The van der Waals surface area contributed by atoms with Crippen molar-refractivity contribution in [1.29, 1.82) is 0 Å². The molecule has 2 unspecified atom stereocenters. The van der Waals surface area contributed by atoms with Crippen molar-refractivity contribution in [3.8, 4) is 0 Å². The highest BCUT2D eigenvalue weighted by atomic mass is 15.2. The van der Waals surface area contributed by atoms with Crippen LogP contribution in [-0.2, 0) is 0 Å². The van der Waals surface area contributed by atoms with Gasteiger partial charge in [0.1, 0.15) is 0 Å². The summed E-state index contributed by atoms with van der Waals surface area (Å²) >= 11 is 0. The molecule has 1 N–H and O–H groups in total. The average molecular weight is 238 g/mol. The molecule has 3 atom stereocenters. The summed E-state index contributed by atoms with van der Waals surface area (Å²) < 4.78 is 0. The third-order valence-electron chi connectivity index (χ3n) is 4.99. The molecule has 0 radical (unpaired) electrons. The Morgan fingerprint density at radius 3 is 2.29 bits per heavy atom. The zero-order chi connectivity index (χ0) is 12.3. The van der Waals surface area contributed by atoms with E-state index in [0.717, 1.165) is 24.0 Å². The standard InChI is InChI=1S/C15H30N2/c1-12-10-15(11-17(12)3)16-13(2)14-8-6-4-5-7-9-14/h12-16H,4-11H2,1-3H3/t12?,13-,15?/m1/s1. The molecule has 0 amide bonds. The molecule has 1 aliphatic heterocycles. The van der Waals surface area contributed by atoms with Gasteiger partial charge in [-0.25, -0.2) is 0 Å². The van der Waals surface area contributed by atoms with Crippen molar-refractivity contribution in [3.63, 3.8) is 0 Å². The van der Waals surface area contributed by atoms with E-state index >= 15 is 0 Å². The molecular weight excluding hydrogens is 208 g/mol. The molecule has 0 aromatic heterocycles. The summed E-state index contributed by atoms with van der Waals surface area (Å²) in [4.78, 5) is 2.48. The van der Waals surface area contributed by atoms with E-state index in [1.165, 1.54) is 51.5 Å². The van der Waals surface area contributed by atoms with Crippen LogP contribution in [0.3, 0.4) is 0 Å². The Kier molecular flexibility index (Phi) is 4.87. The highest BCUT2D eigenvalue weighted by Gasteiger charge is 2.28. The Hall–Kier alpha value is -0.0800. The number of hydrogen-bond acceptors (Lipinski definition) is 2. The zero-order valence-corrected chi connectivity index (χ0v) is 11.9. The average Bonchev–Trinajstić information content (AvgIpc) is 2.54. The Labute approximate surface area is 107 Å². The maximum Gasteiger partial charge on any atom is 0.0212 e. The highest BCUT2D eigenvalue weighted by Crippen LogP contribution is 2.26. The van der Waals surface area contributed by atoms with Crippen LogP contribution in [0.2, 0.25) is 0 Å². The van der Waals surface area contributed by atoms with E-state index in [-0.39, 0.29) is 0 Å². The Balaban J connectivity index is 1.77. The second-order valence-electron chi connectivity index (χ2n) is 6.43. The molecule has 1 heterocycles. The molecule has 2 aliphatic rings. The summed E-state index contributed by atoms with van der Waals surface area (Å²) in [6.07, 6.45) is 10.1. The van der Waals surface area contributed by atoms with Crippen LogP contribution in [-0.4, -0.2) is 36.6 Å². The van der Waals surface area contributed by atoms with Crippen LogP contribution < -0.4 is 5.32 Å². The molecule has 100 valence electrons. The van der Waals surface area contributed by atoms with Gasteiger partial charge in [0.15, 0.2) is 0 Å². The van der Waals surface area contributed by atoms with Crippen LogP contribution in [0.1, 0.15) is 58.8 Å². The van der Waals surface area contributed by atoms with E-state index in [1.807, 2.05) is 0 Å². The lowest BCUT2D eigenvalue weighted by atomic mass is 9.92. The quantitative estimate of drug-likeness (QED) is 0.760. The first-order valence-corrected chi connectivity index (χ1v) is 7.63. The van der Waals surface area contributed by atoms with Gasteiger partial charge in [-0.05, 0) is 46.1 Å². The number of likely N-dealkylation sites (N-methyl/N-ethyl adjacent to an activating group) is 1. The lowest BCUT2D eigenvalue weighted by Crippen LogP contribution is -2.42. The van der Waals surface area contributed by atoms with E-state index in [4.69, 9.17) is 0 Å². The summed E-state index contributed by atoms with van der Waals surface area (Å²) in [6.45, 7) is 6.00. The summed E-state index contributed by atoms with van der Waals surface area (Å²) in [7, 11) is 2.25. The van der Waals surface area contributed by atoms with Gasteiger partial charge in [0.25, 0.3) is 0 Å². The van der Waals surface area contributed by atoms with Crippen LogP contribution in [0, 0.1) is 5.92 Å². The summed E-state index contributed by atoms with van der Waals surface area (Å²) in [5.41, 5.74) is 0. The molecule has 0 aromatic carbocycles. The van der Waals surface area contributed by atoms with Gasteiger partial charge in [-0.3, -0.25) is 0 Å². The Bertz CT molecular complexity index is 211. The normalized spacial score (nSPS) is 34.8. The van der Waals surface area contributed by atoms with E-state index < -0.39 is 0 Å². The van der Waals surface area contributed by atoms with Gasteiger partial charge >= 0.3 is 0 Å². The number of nitrogens with one attached hydrogen (secondary N) is 1. The van der Waals surface area contributed by atoms with Crippen molar-refractivity contribution in [3.05, 3.63) is 0 Å². The predicted molar refractivity (Wildman–Crippen MR) is 74.3 cm³/mol. The molecule has 0 aromatic rings. The zero-order valence-electron chi connectivity index (χ0n) is 11.9. The number of likely N-dealkylation sites (tertiary alicyclic amines) is 1. The van der Waals surface area contributed by atoms with Crippen LogP contribution in [0.25, 0.3) is 0 Å². The Morgan fingerprint density at radius 1 is 1.12 bits per heavy atom. The van der Waals surface area contributed by atoms with E-state index in [9.17, 15) is 0 Å². The molecule has 2 nitrogen and oxygen atoms in total. The second-order valence-corrected chi connectivity index (χ2v) is 6.43. The van der Waals surface area contributed by atoms with Gasteiger partial charge in [-0.2, -0.15) is 0 Å². The van der Waals surface area contributed by atoms with Gasteiger partial charge in [0, 0.05) is 24.7 Å². The van der Waals surface area contributed by atoms with E-state index in [1.54, 1.807) is 0 Å². The molecule has 1 aliphatic carbocycles. The summed E-state index contributed by atoms with van der Waals surface area (Å²) in [6, 6.07) is 2.21. The van der Waals surface area contributed by atoms with E-state index in [0.29, 0.717) is 0 Å². The number of rotatable bonds is 3. The largest absolute Gasteiger partial charge is 0.310 e. The Morgan fingerprint density at radius 2 is 1.76 bits per heavy atom. The highest BCUT2D eigenvalue weighted by molar-refractivity contribution is 4.88. The van der Waals surface area contributed by atoms with Gasteiger partial charge in [0.05, 0.1) is 0 Å². The van der Waals surface area contributed by atoms with Crippen molar-refractivity contribution in [1.82, 2.24) is 10.2 Å². The third-order valence-corrected chi connectivity index (χ3v) is 4.99. The second kappa shape index (κ2) is 6.19. The monoisotopic (exact) mass is 238 g/mol. The van der Waals surface area contributed by atoms with Crippen LogP contribution >= 0.6 is 0 Å². The SMILES string of the molecule is CC1CC(N[C@H](C)C2CCCCCC2)CN1C. The lowest BCUT2D eigenvalue weighted by molar-refractivity contribution is 0.299. The van der Waals surface area contributed by atoms with Crippen molar-refractivity contribution in [2.75, 3.05) is 13.6 Å². The van der Waals surface area contributed by atoms with Crippen LogP contribution in [0.15, 0.2) is 0 Å². The summed E-state index contributed by atoms with van der Waals surface area (Å²) in [5.74, 6) is 0.929. The molecule has 17 heavy (non-hydrogen) atoms. The predicted octanol–water partition coefficient (Wildman–Crippen LogP) is 3.03. The van der Waals surface area contributed by atoms with Gasteiger partial charge in [-0.15, -0.1) is 0 Å². The first kappa shape index (κ1) is 13.4. The third kappa shape index (κ3) is 3.69. The van der Waals surface area contributed by atoms with Crippen LogP contribution in [0.5, 0.6) is 0 Å². The first-order valence-electron chi connectivity index (χ1n) is 7.63. The fourth-order valence-corrected chi connectivity index (χ4v) is 3.63. The molecule has 1 saturated carbocycles. The maximum atomic E-state index is 3.90. The smallest absolute Gasteiger partial charge is 0.0212 e.